The molecule has 1 N–H and O–H groups in total. The van der Waals surface area contributed by atoms with E-state index in [4.69, 9.17) is 5.11 Å². The number of piperidine rings is 1. The maximum Gasteiger partial charge on any atom is 0.320 e. The first-order valence-electron chi connectivity index (χ1n) is 6.49. The minimum absolute atomic E-state index is 0.189. The molecule has 0 radical (unpaired) electrons. The summed E-state index contributed by atoms with van der Waals surface area (Å²) in [6.45, 7) is 2.90. The third kappa shape index (κ3) is 2.48. The highest BCUT2D eigenvalue weighted by Gasteiger charge is 2.30. The minimum atomic E-state index is 0.189. The van der Waals surface area contributed by atoms with E-state index in [1.165, 1.54) is 6.42 Å². The summed E-state index contributed by atoms with van der Waals surface area (Å²) in [6.07, 6.45) is 6.38. The third-order valence-electron chi connectivity index (χ3n) is 3.71. The summed E-state index contributed by atoms with van der Waals surface area (Å²) < 4.78 is 0. The van der Waals surface area contributed by atoms with Crippen LogP contribution in [0, 0.1) is 0 Å². The van der Waals surface area contributed by atoms with Gasteiger partial charge in [-0.2, -0.15) is 0 Å². The average Bonchev–Trinajstić information content (AvgIpc) is 2.83. The molecule has 16 heavy (non-hydrogen) atoms. The quantitative estimate of drug-likeness (QED) is 0.774. The van der Waals surface area contributed by atoms with Gasteiger partial charge in [0.15, 0.2) is 0 Å². The van der Waals surface area contributed by atoms with Crippen LogP contribution in [0.3, 0.4) is 0 Å². The minimum Gasteiger partial charge on any atom is -0.396 e. The number of urea groups is 1. The SMILES string of the molecule is O=C(N1CCCC1)N1CCCCC1CCO. The Bertz CT molecular complexity index is 237. The molecule has 0 spiro atoms. The van der Waals surface area contributed by atoms with Crippen LogP contribution in [-0.4, -0.2) is 53.2 Å². The third-order valence-corrected chi connectivity index (χ3v) is 3.71. The Morgan fingerprint density at radius 1 is 1.12 bits per heavy atom. The van der Waals surface area contributed by atoms with Crippen molar-refractivity contribution in [3.63, 3.8) is 0 Å². The second kappa shape index (κ2) is 5.53. The van der Waals surface area contributed by atoms with Crippen molar-refractivity contribution in [1.82, 2.24) is 9.80 Å². The standard InChI is InChI=1S/C12H22N2O2/c15-10-6-11-5-1-2-9-14(11)12(16)13-7-3-4-8-13/h11,15H,1-10H2. The number of carbonyl (C=O) groups excluding carboxylic acids is 1. The van der Waals surface area contributed by atoms with E-state index in [9.17, 15) is 4.79 Å². The van der Waals surface area contributed by atoms with Crippen molar-refractivity contribution >= 4 is 6.03 Å². The number of aliphatic hydroxyl groups excluding tert-OH is 1. The molecular weight excluding hydrogens is 204 g/mol. The molecule has 2 saturated heterocycles. The molecule has 2 rings (SSSR count). The summed E-state index contributed by atoms with van der Waals surface area (Å²) in [6, 6.07) is 0.475. The highest BCUT2D eigenvalue weighted by molar-refractivity contribution is 5.75. The number of amides is 2. The molecule has 2 amide bonds. The number of nitrogens with zero attached hydrogens (tertiary/aromatic N) is 2. The molecule has 0 aromatic rings. The van der Waals surface area contributed by atoms with Gasteiger partial charge in [0.2, 0.25) is 0 Å². The van der Waals surface area contributed by atoms with Gasteiger partial charge in [-0.3, -0.25) is 0 Å². The van der Waals surface area contributed by atoms with E-state index in [0.717, 1.165) is 51.7 Å². The van der Waals surface area contributed by atoms with Gasteiger partial charge in [0.1, 0.15) is 0 Å². The Morgan fingerprint density at radius 3 is 2.50 bits per heavy atom. The normalized spacial score (nSPS) is 26.2. The summed E-state index contributed by atoms with van der Waals surface area (Å²) in [4.78, 5) is 16.2. The number of hydrogen-bond donors (Lipinski definition) is 1. The summed E-state index contributed by atoms with van der Waals surface area (Å²) in [7, 11) is 0. The van der Waals surface area contributed by atoms with Crippen molar-refractivity contribution in [2.45, 2.75) is 44.6 Å². The van der Waals surface area contributed by atoms with Crippen LogP contribution in [0.25, 0.3) is 0 Å². The second-order valence-corrected chi connectivity index (χ2v) is 4.83. The molecule has 2 aliphatic heterocycles. The van der Waals surface area contributed by atoms with E-state index < -0.39 is 0 Å². The predicted octanol–water partition coefficient (Wildman–Crippen LogP) is 1.44. The van der Waals surface area contributed by atoms with Crippen LogP contribution in [-0.2, 0) is 0 Å². The van der Waals surface area contributed by atoms with E-state index in [2.05, 4.69) is 0 Å². The van der Waals surface area contributed by atoms with Gasteiger partial charge in [0.05, 0.1) is 0 Å². The Labute approximate surface area is 97.2 Å². The molecule has 2 heterocycles. The van der Waals surface area contributed by atoms with Crippen LogP contribution in [0.2, 0.25) is 0 Å². The smallest absolute Gasteiger partial charge is 0.320 e. The second-order valence-electron chi connectivity index (χ2n) is 4.83. The van der Waals surface area contributed by atoms with Crippen LogP contribution in [0.1, 0.15) is 38.5 Å². The largest absolute Gasteiger partial charge is 0.396 e. The molecule has 0 aromatic heterocycles. The zero-order chi connectivity index (χ0) is 11.4. The van der Waals surface area contributed by atoms with Gasteiger partial charge in [-0.25, -0.2) is 4.79 Å². The average molecular weight is 226 g/mol. The molecule has 0 bridgehead atoms. The van der Waals surface area contributed by atoms with Crippen molar-refractivity contribution in [3.8, 4) is 0 Å². The van der Waals surface area contributed by atoms with E-state index in [1.54, 1.807) is 0 Å². The van der Waals surface area contributed by atoms with E-state index in [-0.39, 0.29) is 18.7 Å². The topological polar surface area (TPSA) is 43.8 Å². The van der Waals surface area contributed by atoms with Crippen molar-refractivity contribution in [3.05, 3.63) is 0 Å². The van der Waals surface area contributed by atoms with Gasteiger partial charge in [-0.15, -0.1) is 0 Å². The molecule has 0 aliphatic carbocycles. The number of likely N-dealkylation sites (tertiary alicyclic amines) is 2. The monoisotopic (exact) mass is 226 g/mol. The Hall–Kier alpha value is -0.770. The molecule has 2 aliphatic rings. The molecule has 92 valence electrons. The Balaban J connectivity index is 1.95. The van der Waals surface area contributed by atoms with Gasteiger partial charge >= 0.3 is 6.03 Å². The van der Waals surface area contributed by atoms with Crippen LogP contribution < -0.4 is 0 Å². The van der Waals surface area contributed by atoms with Crippen molar-refractivity contribution < 1.29 is 9.90 Å². The first kappa shape index (κ1) is 11.7. The first-order valence-corrected chi connectivity index (χ1v) is 6.49. The van der Waals surface area contributed by atoms with Crippen LogP contribution in [0.4, 0.5) is 4.79 Å². The van der Waals surface area contributed by atoms with Crippen LogP contribution >= 0.6 is 0 Å². The summed E-state index contributed by atoms with van der Waals surface area (Å²) in [5.41, 5.74) is 0. The molecule has 1 unspecified atom stereocenters. The Kier molecular flexibility index (Phi) is 4.04. The number of hydrogen-bond acceptors (Lipinski definition) is 2. The fourth-order valence-electron chi connectivity index (χ4n) is 2.79. The van der Waals surface area contributed by atoms with Gasteiger partial charge < -0.3 is 14.9 Å². The maximum atomic E-state index is 12.3. The van der Waals surface area contributed by atoms with Gasteiger partial charge in [0.25, 0.3) is 0 Å². The number of aliphatic hydroxyl groups is 1. The first-order chi connectivity index (χ1) is 7.83. The molecule has 0 aromatic carbocycles. The molecule has 2 fully saturated rings. The fraction of sp³-hybridized carbons (Fsp3) is 0.917. The van der Waals surface area contributed by atoms with Gasteiger partial charge in [-0.1, -0.05) is 0 Å². The lowest BCUT2D eigenvalue weighted by Gasteiger charge is -2.37. The summed E-state index contributed by atoms with van der Waals surface area (Å²) in [5, 5.41) is 9.03. The van der Waals surface area contributed by atoms with E-state index in [1.807, 2.05) is 9.80 Å². The van der Waals surface area contributed by atoms with Crippen molar-refractivity contribution in [2.75, 3.05) is 26.2 Å². The lowest BCUT2D eigenvalue weighted by Crippen LogP contribution is -2.49. The van der Waals surface area contributed by atoms with Crippen molar-refractivity contribution in [2.24, 2.45) is 0 Å². The molecule has 4 nitrogen and oxygen atoms in total. The zero-order valence-electron chi connectivity index (χ0n) is 9.90. The van der Waals surface area contributed by atoms with Gasteiger partial charge in [0, 0.05) is 32.3 Å². The number of carbonyl (C=O) groups is 1. The predicted molar refractivity (Wildman–Crippen MR) is 62.3 cm³/mol. The summed E-state index contributed by atoms with van der Waals surface area (Å²) >= 11 is 0. The van der Waals surface area contributed by atoms with Gasteiger partial charge in [-0.05, 0) is 38.5 Å². The Morgan fingerprint density at radius 2 is 1.81 bits per heavy atom. The molecule has 4 heteroatoms. The highest BCUT2D eigenvalue weighted by atomic mass is 16.3. The maximum absolute atomic E-state index is 12.3. The molecular formula is C12H22N2O2. The molecule has 0 saturated carbocycles. The van der Waals surface area contributed by atoms with E-state index >= 15 is 0 Å². The summed E-state index contributed by atoms with van der Waals surface area (Å²) in [5.74, 6) is 0. The van der Waals surface area contributed by atoms with Crippen LogP contribution in [0.15, 0.2) is 0 Å². The lowest BCUT2D eigenvalue weighted by atomic mass is 10.00. The molecule has 1 atom stereocenters. The lowest BCUT2D eigenvalue weighted by molar-refractivity contribution is 0.108. The number of rotatable bonds is 2. The highest BCUT2D eigenvalue weighted by Crippen LogP contribution is 2.22. The zero-order valence-corrected chi connectivity index (χ0v) is 9.90. The fourth-order valence-corrected chi connectivity index (χ4v) is 2.79. The van der Waals surface area contributed by atoms with E-state index in [0.29, 0.717) is 0 Å². The van der Waals surface area contributed by atoms with Crippen LogP contribution in [0.5, 0.6) is 0 Å². The van der Waals surface area contributed by atoms with Crippen molar-refractivity contribution in [1.29, 1.82) is 0 Å².